The molecule has 2 nitrogen and oxygen atoms in total. The van der Waals surface area contributed by atoms with Gasteiger partial charge in [-0.1, -0.05) is 17.7 Å². The summed E-state index contributed by atoms with van der Waals surface area (Å²) in [5.41, 5.74) is 3.54. The minimum absolute atomic E-state index is 0.291. The van der Waals surface area contributed by atoms with E-state index in [4.69, 9.17) is 11.6 Å². The second kappa shape index (κ2) is 4.51. The van der Waals surface area contributed by atoms with Gasteiger partial charge in [0.15, 0.2) is 0 Å². The zero-order chi connectivity index (χ0) is 11.8. The summed E-state index contributed by atoms with van der Waals surface area (Å²) in [6, 6.07) is 2.47. The Morgan fingerprint density at radius 3 is 2.82 bits per heavy atom. The summed E-state index contributed by atoms with van der Waals surface area (Å²) in [4.78, 5) is 0. The smallest absolute Gasteiger partial charge is 0.139 e. The van der Waals surface area contributed by atoms with Gasteiger partial charge < -0.3 is 10.4 Å². The van der Waals surface area contributed by atoms with Gasteiger partial charge in [0.1, 0.15) is 5.75 Å². The quantitative estimate of drug-likeness (QED) is 0.802. The molecule has 1 aliphatic heterocycles. The van der Waals surface area contributed by atoms with Crippen LogP contribution in [0.4, 0.5) is 0 Å². The molecule has 3 rings (SSSR count). The maximum Gasteiger partial charge on any atom is 0.139 e. The lowest BCUT2D eigenvalue weighted by atomic mass is 9.88. The Bertz CT molecular complexity index is 438. The number of rotatable bonds is 1. The van der Waals surface area contributed by atoms with Gasteiger partial charge in [-0.15, -0.1) is 0 Å². The first-order chi connectivity index (χ1) is 8.27. The second-order valence-electron chi connectivity index (χ2n) is 5.12. The van der Waals surface area contributed by atoms with Crippen molar-refractivity contribution in [1.82, 2.24) is 5.32 Å². The largest absolute Gasteiger partial charge is 0.506 e. The topological polar surface area (TPSA) is 32.3 Å². The molecule has 1 aromatic carbocycles. The third-order valence-electron chi connectivity index (χ3n) is 4.02. The molecule has 2 aliphatic rings. The summed E-state index contributed by atoms with van der Waals surface area (Å²) in [6.45, 7) is 1.04. The van der Waals surface area contributed by atoms with Crippen molar-refractivity contribution >= 4 is 11.6 Å². The number of aryl methyl sites for hydroxylation is 1. The highest BCUT2D eigenvalue weighted by Crippen LogP contribution is 2.41. The van der Waals surface area contributed by atoms with Crippen LogP contribution in [0.25, 0.3) is 0 Å². The van der Waals surface area contributed by atoms with E-state index in [1.54, 1.807) is 0 Å². The summed E-state index contributed by atoms with van der Waals surface area (Å²) in [6.07, 6.45) is 6.83. The Hall–Kier alpha value is -0.730. The van der Waals surface area contributed by atoms with Crippen LogP contribution in [0.3, 0.4) is 0 Å². The van der Waals surface area contributed by atoms with E-state index in [0.29, 0.717) is 16.8 Å². The van der Waals surface area contributed by atoms with Crippen LogP contribution < -0.4 is 5.32 Å². The molecule has 92 valence electrons. The van der Waals surface area contributed by atoms with Crippen molar-refractivity contribution < 1.29 is 5.11 Å². The highest BCUT2D eigenvalue weighted by Gasteiger charge is 2.24. The van der Waals surface area contributed by atoms with Crippen LogP contribution in [0, 0.1) is 0 Å². The molecule has 1 fully saturated rings. The molecule has 1 aliphatic carbocycles. The summed E-state index contributed by atoms with van der Waals surface area (Å²) < 4.78 is 0. The van der Waals surface area contributed by atoms with Gasteiger partial charge in [0.25, 0.3) is 0 Å². The monoisotopic (exact) mass is 251 g/mol. The normalized spacial score (nSPS) is 23.7. The van der Waals surface area contributed by atoms with E-state index in [-0.39, 0.29) is 0 Å². The van der Waals surface area contributed by atoms with E-state index in [1.165, 1.54) is 30.4 Å². The average molecular weight is 252 g/mol. The first kappa shape index (κ1) is 11.4. The molecule has 0 radical (unpaired) electrons. The fraction of sp³-hybridized carbons (Fsp3) is 0.571. The van der Waals surface area contributed by atoms with Crippen LogP contribution in [0.15, 0.2) is 6.07 Å². The molecule has 1 atom stereocenters. The van der Waals surface area contributed by atoms with Crippen molar-refractivity contribution in [2.45, 2.75) is 44.6 Å². The number of hydrogen-bond donors (Lipinski definition) is 2. The number of nitrogens with one attached hydrogen (secondary N) is 1. The molecule has 1 saturated heterocycles. The number of phenols is 1. The van der Waals surface area contributed by atoms with Gasteiger partial charge in [-0.25, -0.2) is 0 Å². The zero-order valence-corrected chi connectivity index (χ0v) is 10.7. The zero-order valence-electron chi connectivity index (χ0n) is 9.93. The van der Waals surface area contributed by atoms with Gasteiger partial charge in [-0.2, -0.15) is 0 Å². The number of hydrogen-bond acceptors (Lipinski definition) is 2. The molecule has 0 saturated carbocycles. The number of halogens is 1. The molecule has 1 unspecified atom stereocenters. The molecule has 0 bridgehead atoms. The minimum Gasteiger partial charge on any atom is -0.506 e. The molecule has 0 aromatic heterocycles. The number of phenolic OH excluding ortho intramolecular Hbond substituents is 1. The van der Waals surface area contributed by atoms with E-state index in [2.05, 4.69) is 11.4 Å². The molecular formula is C14H18ClNO. The average Bonchev–Trinajstić information content (AvgIpc) is 2.87. The highest BCUT2D eigenvalue weighted by atomic mass is 35.5. The van der Waals surface area contributed by atoms with Gasteiger partial charge >= 0.3 is 0 Å². The molecule has 1 aromatic rings. The second-order valence-corrected chi connectivity index (χ2v) is 5.50. The third kappa shape index (κ3) is 1.94. The maximum absolute atomic E-state index is 10.2. The lowest BCUT2D eigenvalue weighted by Crippen LogP contribution is -2.15. The molecule has 3 heteroatoms. The first-order valence-corrected chi connectivity index (χ1v) is 6.91. The van der Waals surface area contributed by atoms with E-state index in [9.17, 15) is 5.11 Å². The van der Waals surface area contributed by atoms with Crippen LogP contribution >= 0.6 is 11.6 Å². The summed E-state index contributed by atoms with van der Waals surface area (Å²) in [5, 5.41) is 14.3. The number of aromatic hydroxyl groups is 1. The van der Waals surface area contributed by atoms with Gasteiger partial charge in [-0.3, -0.25) is 0 Å². The van der Waals surface area contributed by atoms with E-state index in [0.717, 1.165) is 31.4 Å². The van der Waals surface area contributed by atoms with E-state index in [1.807, 2.05) is 0 Å². The third-order valence-corrected chi connectivity index (χ3v) is 4.43. The Labute approximate surface area is 107 Å². The number of fused-ring (bicyclic) bond motifs is 1. The van der Waals surface area contributed by atoms with Crippen molar-refractivity contribution in [2.24, 2.45) is 0 Å². The molecular weight excluding hydrogens is 234 g/mol. The molecule has 17 heavy (non-hydrogen) atoms. The van der Waals surface area contributed by atoms with Crippen LogP contribution in [0.1, 0.15) is 48.4 Å². The summed E-state index contributed by atoms with van der Waals surface area (Å²) >= 11 is 6.32. The molecule has 1 heterocycles. The van der Waals surface area contributed by atoms with E-state index >= 15 is 0 Å². The maximum atomic E-state index is 10.2. The van der Waals surface area contributed by atoms with Crippen LogP contribution in [-0.2, 0) is 12.8 Å². The predicted octanol–water partition coefficient (Wildman–Crippen LogP) is 3.35. The van der Waals surface area contributed by atoms with Crippen molar-refractivity contribution in [3.8, 4) is 5.75 Å². The molecule has 0 spiro atoms. The highest BCUT2D eigenvalue weighted by molar-refractivity contribution is 6.33. The van der Waals surface area contributed by atoms with Crippen molar-refractivity contribution in [3.63, 3.8) is 0 Å². The van der Waals surface area contributed by atoms with Crippen molar-refractivity contribution in [3.05, 3.63) is 27.8 Å². The minimum atomic E-state index is 0.291. The van der Waals surface area contributed by atoms with Crippen LogP contribution in [0.2, 0.25) is 5.02 Å². The number of benzene rings is 1. The Morgan fingerprint density at radius 1 is 1.24 bits per heavy atom. The Kier molecular flexibility index (Phi) is 3.01. The fourth-order valence-electron chi connectivity index (χ4n) is 3.08. The van der Waals surface area contributed by atoms with Crippen LogP contribution in [-0.4, -0.2) is 11.7 Å². The molecule has 0 amide bonds. The lowest BCUT2D eigenvalue weighted by Gasteiger charge is -2.22. The Balaban J connectivity index is 2.06. The summed E-state index contributed by atoms with van der Waals surface area (Å²) in [5.74, 6) is 0.312. The predicted molar refractivity (Wildman–Crippen MR) is 69.7 cm³/mol. The SMILES string of the molecule is Oc1c(C2CCCN2)cc2c(c1Cl)CCCC2. The molecule has 2 N–H and O–H groups in total. The standard InChI is InChI=1S/C14H18ClNO/c15-13-10-5-2-1-4-9(10)8-11(14(13)17)12-6-3-7-16-12/h8,12,16-17H,1-7H2. The Morgan fingerprint density at radius 2 is 2.06 bits per heavy atom. The fourth-order valence-corrected chi connectivity index (χ4v) is 3.40. The van der Waals surface area contributed by atoms with Crippen molar-refractivity contribution in [1.29, 1.82) is 0 Å². The van der Waals surface area contributed by atoms with Crippen molar-refractivity contribution in [2.75, 3.05) is 6.54 Å². The van der Waals surface area contributed by atoms with Gasteiger partial charge in [0, 0.05) is 11.6 Å². The van der Waals surface area contributed by atoms with E-state index < -0.39 is 0 Å². The van der Waals surface area contributed by atoms with Gasteiger partial charge in [0.2, 0.25) is 0 Å². The van der Waals surface area contributed by atoms with Gasteiger partial charge in [0.05, 0.1) is 5.02 Å². The lowest BCUT2D eigenvalue weighted by molar-refractivity contribution is 0.455. The van der Waals surface area contributed by atoms with Gasteiger partial charge in [-0.05, 0) is 56.2 Å². The van der Waals surface area contributed by atoms with Crippen LogP contribution in [0.5, 0.6) is 5.75 Å². The first-order valence-electron chi connectivity index (χ1n) is 6.54. The summed E-state index contributed by atoms with van der Waals surface area (Å²) in [7, 11) is 0.